The van der Waals surface area contributed by atoms with E-state index in [1.54, 1.807) is 24.3 Å². The fourth-order valence-electron chi connectivity index (χ4n) is 9.07. The maximum absolute atomic E-state index is 9.84. The molecular weight excluding hydrogens is 1060 g/mol. The number of nitrogens with zero attached hydrogens (tertiary/aromatic N) is 6. The first-order valence-corrected chi connectivity index (χ1v) is 27.0. The normalized spacial score (nSPS) is 13.2. The highest BCUT2D eigenvalue weighted by Crippen LogP contribution is 2.37. The highest BCUT2D eigenvalue weighted by molar-refractivity contribution is 9.10. The fourth-order valence-corrected chi connectivity index (χ4v) is 9.45. The van der Waals surface area contributed by atoms with E-state index in [0.717, 1.165) is 76.0 Å². The Hall–Kier alpha value is -9.20. The molecule has 0 unspecified atom stereocenters. The molecule has 1 aliphatic rings. The van der Waals surface area contributed by atoms with Crippen molar-refractivity contribution in [3.05, 3.63) is 247 Å². The molecule has 13 rings (SSSR count). The van der Waals surface area contributed by atoms with Gasteiger partial charge in [-0.25, -0.2) is 29.9 Å². The van der Waals surface area contributed by atoms with Crippen LogP contribution in [0.4, 0.5) is 0 Å². The van der Waals surface area contributed by atoms with Crippen LogP contribution in [-0.2, 0) is 9.31 Å². The molecule has 12 heteroatoms. The molecule has 0 radical (unpaired) electrons. The zero-order valence-corrected chi connectivity index (χ0v) is 46.0. The van der Waals surface area contributed by atoms with Crippen LogP contribution in [0.5, 0.6) is 11.5 Å². The van der Waals surface area contributed by atoms with Crippen molar-refractivity contribution in [1.82, 2.24) is 29.9 Å². The molecular formula is C68H54BBrN6O4. The number of hydrogen-bond donors (Lipinski definition) is 2. The molecule has 1 saturated heterocycles. The minimum absolute atomic E-state index is 0.267. The minimum Gasteiger partial charge on any atom is -0.508 e. The molecule has 2 aromatic heterocycles. The molecule has 390 valence electrons. The highest BCUT2D eigenvalue weighted by atomic mass is 79.9. The van der Waals surface area contributed by atoms with Gasteiger partial charge in [-0.1, -0.05) is 216 Å². The van der Waals surface area contributed by atoms with Gasteiger partial charge in [-0.15, -0.1) is 0 Å². The second-order valence-corrected chi connectivity index (χ2v) is 21.2. The van der Waals surface area contributed by atoms with E-state index < -0.39 is 7.12 Å². The topological polar surface area (TPSA) is 136 Å². The molecule has 0 amide bonds. The van der Waals surface area contributed by atoms with Crippen LogP contribution in [0.2, 0.25) is 0 Å². The number of aromatic hydroxyl groups is 2. The Morgan fingerprint density at radius 2 is 0.613 bits per heavy atom. The molecule has 0 saturated carbocycles. The van der Waals surface area contributed by atoms with Gasteiger partial charge in [0.15, 0.2) is 34.9 Å². The summed E-state index contributed by atoms with van der Waals surface area (Å²) in [4.78, 5) is 28.7. The van der Waals surface area contributed by atoms with Crippen molar-refractivity contribution in [1.29, 1.82) is 0 Å². The lowest BCUT2D eigenvalue weighted by atomic mass is 9.79. The molecule has 0 bridgehead atoms. The molecule has 1 aliphatic heterocycles. The molecule has 0 spiro atoms. The predicted molar refractivity (Wildman–Crippen MR) is 326 cm³/mol. The number of hydrogen-bond acceptors (Lipinski definition) is 10. The second kappa shape index (κ2) is 23.0. The SMILES string of the molecule is CC1(C)OB(c2ccc(-c3nc(-c4ccccc4)nc(-c4ccccc4)n3)cc2)OC1(C)C.Oc1ccc2ccc(-c3ccc(-c4nc(-c5ccccc5)nc(-c5ccccc5)n4)cc3)cc2c1.Oc1ccc2ccc(Br)cc2c1. The third kappa shape index (κ3) is 12.1. The minimum atomic E-state index is -0.401. The van der Waals surface area contributed by atoms with Crippen LogP contribution in [0, 0.1) is 0 Å². The lowest BCUT2D eigenvalue weighted by Gasteiger charge is -2.32. The van der Waals surface area contributed by atoms with Gasteiger partial charge in [-0.3, -0.25) is 0 Å². The molecule has 2 N–H and O–H groups in total. The summed E-state index contributed by atoms with van der Waals surface area (Å²) >= 11 is 3.38. The third-order valence-corrected chi connectivity index (χ3v) is 14.7. The van der Waals surface area contributed by atoms with Gasteiger partial charge in [-0.2, -0.15) is 0 Å². The van der Waals surface area contributed by atoms with Gasteiger partial charge < -0.3 is 19.5 Å². The first-order chi connectivity index (χ1) is 38.8. The molecule has 0 atom stereocenters. The van der Waals surface area contributed by atoms with E-state index in [1.807, 2.05) is 188 Å². The fraction of sp³-hybridized carbons (Fsp3) is 0.0882. The van der Waals surface area contributed by atoms with Crippen molar-refractivity contribution in [2.75, 3.05) is 0 Å². The van der Waals surface area contributed by atoms with Gasteiger partial charge in [-0.05, 0) is 108 Å². The Morgan fingerprint density at radius 1 is 0.312 bits per heavy atom. The smallest absolute Gasteiger partial charge is 0.494 e. The first-order valence-electron chi connectivity index (χ1n) is 26.2. The lowest BCUT2D eigenvalue weighted by molar-refractivity contribution is 0.00578. The number of phenols is 2. The number of phenolic OH excluding ortho intramolecular Hbond substituents is 2. The van der Waals surface area contributed by atoms with Gasteiger partial charge in [0, 0.05) is 37.9 Å². The Morgan fingerprint density at radius 3 is 1.00 bits per heavy atom. The van der Waals surface area contributed by atoms with Crippen molar-refractivity contribution in [3.8, 4) is 91.0 Å². The summed E-state index contributed by atoms with van der Waals surface area (Å²) < 4.78 is 13.4. The van der Waals surface area contributed by atoms with Gasteiger partial charge in [0.25, 0.3) is 0 Å². The van der Waals surface area contributed by atoms with Crippen LogP contribution in [-0.4, -0.2) is 58.4 Å². The largest absolute Gasteiger partial charge is 0.508 e. The highest BCUT2D eigenvalue weighted by Gasteiger charge is 2.51. The summed E-state index contributed by atoms with van der Waals surface area (Å²) in [6.45, 7) is 8.23. The van der Waals surface area contributed by atoms with Crippen molar-refractivity contribution in [2.24, 2.45) is 0 Å². The maximum atomic E-state index is 9.84. The third-order valence-electron chi connectivity index (χ3n) is 14.2. The Bertz CT molecular complexity index is 3930. The van der Waals surface area contributed by atoms with Gasteiger partial charge in [0.2, 0.25) is 0 Å². The molecule has 0 aliphatic carbocycles. The zero-order valence-electron chi connectivity index (χ0n) is 44.4. The second-order valence-electron chi connectivity index (χ2n) is 20.3. The van der Waals surface area contributed by atoms with Crippen molar-refractivity contribution in [3.63, 3.8) is 0 Å². The van der Waals surface area contributed by atoms with Crippen LogP contribution in [0.25, 0.3) is 101 Å². The van der Waals surface area contributed by atoms with E-state index in [-0.39, 0.29) is 17.0 Å². The van der Waals surface area contributed by atoms with Crippen LogP contribution >= 0.6 is 15.9 Å². The quantitative estimate of drug-likeness (QED) is 0.142. The summed E-state index contributed by atoms with van der Waals surface area (Å²) in [5.41, 5.74) is 8.02. The molecule has 10 nitrogen and oxygen atoms in total. The summed E-state index contributed by atoms with van der Waals surface area (Å²) in [6, 6.07) is 79.2. The number of rotatable bonds is 8. The molecule has 3 heterocycles. The number of fused-ring (bicyclic) bond motifs is 2. The number of aromatic nitrogens is 6. The predicted octanol–water partition coefficient (Wildman–Crippen LogP) is 15.9. The average molecular weight is 1110 g/mol. The van der Waals surface area contributed by atoms with Crippen molar-refractivity contribution < 1.29 is 19.5 Å². The van der Waals surface area contributed by atoms with Crippen molar-refractivity contribution in [2.45, 2.75) is 38.9 Å². The molecule has 10 aromatic carbocycles. The van der Waals surface area contributed by atoms with Gasteiger partial charge in [0.05, 0.1) is 11.2 Å². The van der Waals surface area contributed by atoms with E-state index in [0.29, 0.717) is 40.7 Å². The molecule has 80 heavy (non-hydrogen) atoms. The molecule has 1 fully saturated rings. The van der Waals surface area contributed by atoms with E-state index in [2.05, 4.69) is 74.0 Å². The maximum Gasteiger partial charge on any atom is 0.494 e. The number of halogens is 1. The van der Waals surface area contributed by atoms with Gasteiger partial charge >= 0.3 is 7.12 Å². The summed E-state index contributed by atoms with van der Waals surface area (Å²) in [7, 11) is -0.401. The van der Waals surface area contributed by atoms with E-state index >= 15 is 0 Å². The lowest BCUT2D eigenvalue weighted by Crippen LogP contribution is -2.41. The van der Waals surface area contributed by atoms with Crippen LogP contribution in [0.1, 0.15) is 27.7 Å². The Balaban J connectivity index is 0.000000140. The summed E-state index contributed by atoms with van der Waals surface area (Å²) in [6.07, 6.45) is 0. The average Bonchev–Trinajstić information content (AvgIpc) is 3.73. The van der Waals surface area contributed by atoms with Crippen LogP contribution < -0.4 is 5.46 Å². The number of benzene rings is 10. The van der Waals surface area contributed by atoms with Gasteiger partial charge in [0.1, 0.15) is 11.5 Å². The first kappa shape index (κ1) is 52.8. The van der Waals surface area contributed by atoms with E-state index in [1.165, 1.54) is 0 Å². The standard InChI is InChI=1S/C31H21N3O.C27H26BN3O2.C10H7BrO/c35-28-18-17-22-13-16-26(19-27(22)20-28)21-11-14-25(15-12-21)31-33-29(23-7-3-1-4-8-23)32-30(34-31)24-9-5-2-6-10-24;1-26(2)27(3,4)33-28(32-26)22-17-15-21(16-18-22)25-30-23(19-11-7-5-8-12-19)29-24(31-25)20-13-9-6-10-14-20;11-9-3-1-7-2-4-10(12)6-8(7)5-9/h1-20,35H;5-18H,1-4H3;1-6,12H. The van der Waals surface area contributed by atoms with Crippen LogP contribution in [0.15, 0.2) is 247 Å². The zero-order chi connectivity index (χ0) is 55.2. The van der Waals surface area contributed by atoms with E-state index in [9.17, 15) is 10.2 Å². The Labute approximate surface area is 473 Å². The van der Waals surface area contributed by atoms with Crippen LogP contribution in [0.3, 0.4) is 0 Å². The van der Waals surface area contributed by atoms with E-state index in [4.69, 9.17) is 39.2 Å². The van der Waals surface area contributed by atoms with Crippen molar-refractivity contribution >= 4 is 50.1 Å². The Kier molecular flexibility index (Phi) is 15.2. The summed E-state index contributed by atoms with van der Waals surface area (Å²) in [5.74, 6) is 4.42. The summed E-state index contributed by atoms with van der Waals surface area (Å²) in [5, 5.41) is 23.3. The monoisotopic (exact) mass is 1110 g/mol. The molecule has 12 aromatic rings.